The van der Waals surface area contributed by atoms with E-state index in [0.29, 0.717) is 12.0 Å². The number of nitrogens with zero attached hydrogens (tertiary/aromatic N) is 6. The molecule has 2 aliphatic heterocycles. The van der Waals surface area contributed by atoms with Gasteiger partial charge in [-0.2, -0.15) is 10.2 Å². The number of morpholine rings is 1. The van der Waals surface area contributed by atoms with Crippen molar-refractivity contribution in [2.75, 3.05) is 31.2 Å². The van der Waals surface area contributed by atoms with Crippen LogP contribution in [0.25, 0.3) is 0 Å². The Morgan fingerprint density at radius 1 is 1.22 bits per heavy atom. The van der Waals surface area contributed by atoms with Crippen LogP contribution in [0.15, 0.2) is 0 Å². The van der Waals surface area contributed by atoms with Crippen molar-refractivity contribution in [3.8, 4) is 0 Å². The predicted molar refractivity (Wildman–Crippen MR) is 104 cm³/mol. The molecular weight excluding hydrogens is 342 g/mol. The number of aryl methyl sites for hydroxylation is 3. The van der Waals surface area contributed by atoms with Crippen LogP contribution in [-0.2, 0) is 31.3 Å². The van der Waals surface area contributed by atoms with Gasteiger partial charge in [0.2, 0.25) is 0 Å². The van der Waals surface area contributed by atoms with Crippen LogP contribution in [0.4, 0.5) is 5.82 Å². The van der Waals surface area contributed by atoms with Crippen molar-refractivity contribution < 1.29 is 4.74 Å². The number of anilines is 1. The number of fused-ring (bicyclic) bond motifs is 1. The largest absolute Gasteiger partial charge is 0.378 e. The molecule has 4 heterocycles. The van der Waals surface area contributed by atoms with E-state index in [4.69, 9.17) is 9.84 Å². The minimum Gasteiger partial charge on any atom is -0.378 e. The highest BCUT2D eigenvalue weighted by Crippen LogP contribution is 2.29. The first kappa shape index (κ1) is 18.4. The highest BCUT2D eigenvalue weighted by Gasteiger charge is 2.26. The Bertz CT molecular complexity index is 788. The fraction of sp³-hybridized carbons (Fsp3) is 0.737. The number of rotatable bonds is 5. The molecule has 0 spiro atoms. The molecule has 1 fully saturated rings. The van der Waals surface area contributed by atoms with Crippen LogP contribution in [-0.4, -0.2) is 56.9 Å². The average molecular weight is 374 g/mol. The Morgan fingerprint density at radius 3 is 2.74 bits per heavy atom. The molecule has 4 rings (SSSR count). The lowest BCUT2D eigenvalue weighted by atomic mass is 10.0. The Labute approximate surface area is 160 Å². The van der Waals surface area contributed by atoms with Crippen LogP contribution in [0.2, 0.25) is 0 Å². The molecule has 1 N–H and O–H groups in total. The van der Waals surface area contributed by atoms with E-state index in [-0.39, 0.29) is 0 Å². The van der Waals surface area contributed by atoms with Gasteiger partial charge in [0.1, 0.15) is 17.5 Å². The van der Waals surface area contributed by atoms with Crippen molar-refractivity contribution in [2.45, 2.75) is 58.7 Å². The zero-order valence-electron chi connectivity index (χ0n) is 16.9. The number of hydrogen-bond acceptors (Lipinski definition) is 6. The smallest absolute Gasteiger partial charge is 0.147 e. The van der Waals surface area contributed by atoms with Crippen molar-refractivity contribution in [1.29, 1.82) is 0 Å². The van der Waals surface area contributed by atoms with E-state index in [1.54, 1.807) is 0 Å². The summed E-state index contributed by atoms with van der Waals surface area (Å²) in [6, 6.07) is 0.413. The zero-order valence-corrected chi connectivity index (χ0v) is 16.9. The van der Waals surface area contributed by atoms with Gasteiger partial charge in [-0.25, -0.2) is 9.67 Å². The van der Waals surface area contributed by atoms with Crippen LogP contribution < -0.4 is 10.2 Å². The van der Waals surface area contributed by atoms with Crippen LogP contribution in [0.5, 0.6) is 0 Å². The molecule has 148 valence electrons. The van der Waals surface area contributed by atoms with Crippen LogP contribution in [0, 0.1) is 6.92 Å². The number of aromatic nitrogens is 5. The van der Waals surface area contributed by atoms with Crippen LogP contribution in [0.1, 0.15) is 49.1 Å². The maximum atomic E-state index is 5.54. The Hall–Kier alpha value is -1.93. The van der Waals surface area contributed by atoms with E-state index in [9.17, 15) is 0 Å². The minimum atomic E-state index is 0.402. The summed E-state index contributed by atoms with van der Waals surface area (Å²) in [6.07, 6.45) is 2.08. The van der Waals surface area contributed by atoms with Gasteiger partial charge >= 0.3 is 0 Å². The molecule has 2 aromatic heterocycles. The van der Waals surface area contributed by atoms with Gasteiger partial charge in [0.25, 0.3) is 0 Å². The molecule has 8 nitrogen and oxygen atoms in total. The summed E-state index contributed by atoms with van der Waals surface area (Å²) in [5.74, 6) is 3.62. The fourth-order valence-corrected chi connectivity index (χ4v) is 4.23. The van der Waals surface area contributed by atoms with Gasteiger partial charge in [-0.15, -0.1) is 0 Å². The second-order valence-electron chi connectivity index (χ2n) is 7.94. The molecule has 0 amide bonds. The van der Waals surface area contributed by atoms with Gasteiger partial charge in [0, 0.05) is 44.7 Å². The Morgan fingerprint density at radius 2 is 2.00 bits per heavy atom. The Kier molecular flexibility index (Phi) is 5.19. The minimum absolute atomic E-state index is 0.402. The van der Waals surface area contributed by atoms with Crippen molar-refractivity contribution in [1.82, 2.24) is 29.9 Å². The highest BCUT2D eigenvalue weighted by atomic mass is 16.5. The van der Waals surface area contributed by atoms with E-state index in [1.807, 2.05) is 6.92 Å². The maximum Gasteiger partial charge on any atom is 0.147 e. The fourth-order valence-electron chi connectivity index (χ4n) is 4.23. The number of hydrogen-bond donors (Lipinski definition) is 1. The molecule has 0 aliphatic carbocycles. The molecule has 8 heteroatoms. The van der Waals surface area contributed by atoms with Crippen molar-refractivity contribution in [2.24, 2.45) is 7.05 Å². The van der Waals surface area contributed by atoms with Crippen molar-refractivity contribution >= 4 is 5.82 Å². The second-order valence-corrected chi connectivity index (χ2v) is 7.94. The van der Waals surface area contributed by atoms with Crippen LogP contribution >= 0.6 is 0 Å². The van der Waals surface area contributed by atoms with E-state index >= 15 is 0 Å². The van der Waals surface area contributed by atoms with Gasteiger partial charge in [-0.3, -0.25) is 4.68 Å². The quantitative estimate of drug-likeness (QED) is 0.854. The lowest BCUT2D eigenvalue weighted by Crippen LogP contribution is -2.40. The topological polar surface area (TPSA) is 73.0 Å². The lowest BCUT2D eigenvalue weighted by molar-refractivity contribution is 0.122. The number of nitrogens with one attached hydrogen (secondary N) is 1. The summed E-state index contributed by atoms with van der Waals surface area (Å²) in [6.45, 7) is 11.6. The summed E-state index contributed by atoms with van der Waals surface area (Å²) in [5, 5.41) is 13.2. The molecule has 0 bridgehead atoms. The highest BCUT2D eigenvalue weighted by molar-refractivity contribution is 5.51. The third kappa shape index (κ3) is 3.73. The van der Waals surface area contributed by atoms with Crippen LogP contribution in [0.3, 0.4) is 0 Å². The summed E-state index contributed by atoms with van der Waals surface area (Å²) in [5.41, 5.74) is 2.52. The standard InChI is InChI=1S/C19H31N7O/c1-13(2)18-16(19(24(4)23-18)25-7-9-27-10-8-25)11-20-15-5-6-17-21-14(3)22-26(17)12-15/h13,15,20H,5-12H2,1-4H3/t15-/m1/s1. The first-order valence-corrected chi connectivity index (χ1v) is 10.0. The summed E-state index contributed by atoms with van der Waals surface area (Å²) < 4.78 is 9.66. The molecule has 2 aliphatic rings. The summed E-state index contributed by atoms with van der Waals surface area (Å²) >= 11 is 0. The number of ether oxygens (including phenoxy) is 1. The van der Waals surface area contributed by atoms with E-state index in [0.717, 1.165) is 63.9 Å². The van der Waals surface area contributed by atoms with Gasteiger partial charge < -0.3 is 15.0 Å². The monoisotopic (exact) mass is 373 g/mol. The first-order valence-electron chi connectivity index (χ1n) is 10.0. The van der Waals surface area contributed by atoms with E-state index in [2.05, 4.69) is 50.6 Å². The van der Waals surface area contributed by atoms with E-state index in [1.165, 1.54) is 17.1 Å². The molecule has 0 saturated carbocycles. The average Bonchev–Trinajstić information content (AvgIpc) is 3.19. The molecule has 1 saturated heterocycles. The molecule has 0 unspecified atom stereocenters. The summed E-state index contributed by atoms with van der Waals surface area (Å²) in [4.78, 5) is 6.93. The van der Waals surface area contributed by atoms with Gasteiger partial charge in [-0.05, 0) is 19.3 Å². The molecule has 0 aromatic carbocycles. The Balaban J connectivity index is 1.52. The maximum absolute atomic E-state index is 5.54. The normalized spacial score (nSPS) is 20.3. The third-order valence-corrected chi connectivity index (χ3v) is 5.53. The molecule has 1 atom stereocenters. The van der Waals surface area contributed by atoms with Crippen molar-refractivity contribution in [3.05, 3.63) is 22.9 Å². The van der Waals surface area contributed by atoms with Gasteiger partial charge in [0.05, 0.1) is 25.5 Å². The lowest BCUT2D eigenvalue weighted by Gasteiger charge is -2.30. The molecule has 0 radical (unpaired) electrons. The van der Waals surface area contributed by atoms with Gasteiger partial charge in [0.15, 0.2) is 0 Å². The first-order chi connectivity index (χ1) is 13.0. The third-order valence-electron chi connectivity index (χ3n) is 5.53. The predicted octanol–water partition coefficient (Wildman–Crippen LogP) is 1.38. The SMILES string of the molecule is Cc1nc2n(n1)C[C@H](NCc1c(C(C)C)nn(C)c1N1CCOCC1)CC2. The van der Waals surface area contributed by atoms with Crippen molar-refractivity contribution in [3.63, 3.8) is 0 Å². The second kappa shape index (κ2) is 7.59. The summed E-state index contributed by atoms with van der Waals surface area (Å²) in [7, 11) is 2.06. The zero-order chi connectivity index (χ0) is 19.0. The molecule has 27 heavy (non-hydrogen) atoms. The molecule has 2 aromatic rings. The molecular formula is C19H31N7O. The van der Waals surface area contributed by atoms with Gasteiger partial charge in [-0.1, -0.05) is 13.8 Å². The van der Waals surface area contributed by atoms with E-state index < -0.39 is 0 Å².